The van der Waals surface area contributed by atoms with Gasteiger partial charge in [0.25, 0.3) is 0 Å². The molecule has 5 heteroatoms. The number of anilines is 1. The van der Waals surface area contributed by atoms with E-state index in [1.54, 1.807) is 10.9 Å². The van der Waals surface area contributed by atoms with Crippen LogP contribution in [0.3, 0.4) is 0 Å². The Morgan fingerprint density at radius 3 is 2.87 bits per heavy atom. The number of aromatic nitrogens is 2. The molecular formula is C10H16N4O. The first-order chi connectivity index (χ1) is 7.13. The molecule has 1 saturated heterocycles. The number of carbonyl (C=O) groups is 1. The predicted molar refractivity (Wildman–Crippen MR) is 57.3 cm³/mol. The maximum absolute atomic E-state index is 11.9. The minimum Gasteiger partial charge on any atom is -0.396 e. The van der Waals surface area contributed by atoms with Crippen LogP contribution in [0.15, 0.2) is 6.20 Å². The van der Waals surface area contributed by atoms with E-state index in [0.717, 1.165) is 25.2 Å². The van der Waals surface area contributed by atoms with Gasteiger partial charge in [0, 0.05) is 19.3 Å². The van der Waals surface area contributed by atoms with Crippen molar-refractivity contribution >= 4 is 11.6 Å². The highest BCUT2D eigenvalue weighted by atomic mass is 16.2. The summed E-state index contributed by atoms with van der Waals surface area (Å²) in [5.74, 6) is 0.153. The summed E-state index contributed by atoms with van der Waals surface area (Å²) in [6, 6.07) is -0.152. The summed E-state index contributed by atoms with van der Waals surface area (Å²) in [4.78, 5) is 13.7. The van der Waals surface area contributed by atoms with E-state index < -0.39 is 0 Å². The molecule has 0 aromatic carbocycles. The smallest absolute Gasteiger partial charge is 0.247 e. The molecule has 5 nitrogen and oxygen atoms in total. The molecule has 1 unspecified atom stereocenters. The SMILES string of the molecule is CCN1CCC(n2cc(N)c(C)n2)C1=O. The van der Waals surface area contributed by atoms with Gasteiger partial charge in [0.2, 0.25) is 5.91 Å². The fourth-order valence-electron chi connectivity index (χ4n) is 1.94. The minimum absolute atomic E-state index is 0.152. The van der Waals surface area contributed by atoms with Crippen molar-refractivity contribution in [2.24, 2.45) is 0 Å². The first-order valence-corrected chi connectivity index (χ1v) is 5.23. The van der Waals surface area contributed by atoms with Crippen molar-refractivity contribution in [2.75, 3.05) is 18.8 Å². The molecule has 1 atom stereocenters. The zero-order valence-electron chi connectivity index (χ0n) is 9.10. The van der Waals surface area contributed by atoms with Gasteiger partial charge in [-0.2, -0.15) is 5.10 Å². The summed E-state index contributed by atoms with van der Waals surface area (Å²) in [7, 11) is 0. The number of likely N-dealkylation sites (N-methyl/N-ethyl adjacent to an activating group) is 1. The van der Waals surface area contributed by atoms with E-state index in [1.807, 2.05) is 18.7 Å². The number of nitrogens with two attached hydrogens (primary N) is 1. The van der Waals surface area contributed by atoms with Crippen LogP contribution in [0.4, 0.5) is 5.69 Å². The molecule has 1 aromatic rings. The quantitative estimate of drug-likeness (QED) is 0.772. The van der Waals surface area contributed by atoms with Gasteiger partial charge in [-0.3, -0.25) is 9.48 Å². The molecular weight excluding hydrogens is 192 g/mol. The second-order valence-corrected chi connectivity index (χ2v) is 3.87. The van der Waals surface area contributed by atoms with Gasteiger partial charge in [-0.15, -0.1) is 0 Å². The molecule has 0 saturated carbocycles. The van der Waals surface area contributed by atoms with Crippen LogP contribution in [-0.4, -0.2) is 33.7 Å². The molecule has 1 aliphatic heterocycles. The third-order valence-electron chi connectivity index (χ3n) is 2.92. The Kier molecular flexibility index (Phi) is 2.38. The molecule has 0 bridgehead atoms. The lowest BCUT2D eigenvalue weighted by molar-refractivity contribution is -0.130. The van der Waals surface area contributed by atoms with Gasteiger partial charge < -0.3 is 10.6 Å². The first kappa shape index (κ1) is 10.0. The lowest BCUT2D eigenvalue weighted by Gasteiger charge is -2.13. The van der Waals surface area contributed by atoms with Crippen LogP contribution < -0.4 is 5.73 Å². The van der Waals surface area contributed by atoms with E-state index in [0.29, 0.717) is 5.69 Å². The average molecular weight is 208 g/mol. The zero-order chi connectivity index (χ0) is 11.0. The summed E-state index contributed by atoms with van der Waals surface area (Å²) in [6.07, 6.45) is 2.57. The van der Waals surface area contributed by atoms with Gasteiger partial charge >= 0.3 is 0 Å². The second-order valence-electron chi connectivity index (χ2n) is 3.87. The largest absolute Gasteiger partial charge is 0.396 e. The molecule has 82 valence electrons. The van der Waals surface area contributed by atoms with E-state index in [-0.39, 0.29) is 11.9 Å². The van der Waals surface area contributed by atoms with Crippen molar-refractivity contribution in [3.05, 3.63) is 11.9 Å². The Bertz CT molecular complexity index is 365. The van der Waals surface area contributed by atoms with Crippen molar-refractivity contribution in [3.8, 4) is 0 Å². The monoisotopic (exact) mass is 208 g/mol. The summed E-state index contributed by atoms with van der Waals surface area (Å²) < 4.78 is 1.70. The topological polar surface area (TPSA) is 64.2 Å². The first-order valence-electron chi connectivity index (χ1n) is 5.23. The number of carbonyl (C=O) groups excluding carboxylic acids is 1. The van der Waals surface area contributed by atoms with Crippen molar-refractivity contribution in [1.29, 1.82) is 0 Å². The van der Waals surface area contributed by atoms with Gasteiger partial charge in [0.1, 0.15) is 6.04 Å². The highest BCUT2D eigenvalue weighted by Gasteiger charge is 2.32. The van der Waals surface area contributed by atoms with Crippen molar-refractivity contribution < 1.29 is 4.79 Å². The fourth-order valence-corrected chi connectivity index (χ4v) is 1.94. The standard InChI is InChI=1S/C10H16N4O/c1-3-13-5-4-9(10(13)15)14-6-8(11)7(2)12-14/h6,9H,3-5,11H2,1-2H3. The highest BCUT2D eigenvalue weighted by molar-refractivity contribution is 5.82. The fraction of sp³-hybridized carbons (Fsp3) is 0.600. The van der Waals surface area contributed by atoms with Crippen LogP contribution in [0.5, 0.6) is 0 Å². The van der Waals surface area contributed by atoms with Crippen LogP contribution in [0.2, 0.25) is 0 Å². The van der Waals surface area contributed by atoms with Crippen molar-refractivity contribution in [1.82, 2.24) is 14.7 Å². The number of hydrogen-bond donors (Lipinski definition) is 1. The van der Waals surface area contributed by atoms with Crippen LogP contribution in [0, 0.1) is 6.92 Å². The van der Waals surface area contributed by atoms with Crippen LogP contribution >= 0.6 is 0 Å². The molecule has 0 radical (unpaired) electrons. The number of hydrogen-bond acceptors (Lipinski definition) is 3. The molecule has 0 spiro atoms. The summed E-state index contributed by atoms with van der Waals surface area (Å²) in [5, 5.41) is 4.26. The highest BCUT2D eigenvalue weighted by Crippen LogP contribution is 2.23. The van der Waals surface area contributed by atoms with Crippen LogP contribution in [0.1, 0.15) is 25.1 Å². The van der Waals surface area contributed by atoms with Crippen LogP contribution in [-0.2, 0) is 4.79 Å². The van der Waals surface area contributed by atoms with Gasteiger partial charge in [-0.1, -0.05) is 0 Å². The third kappa shape index (κ3) is 1.58. The van der Waals surface area contributed by atoms with Gasteiger partial charge in [0.15, 0.2) is 0 Å². The lowest BCUT2D eigenvalue weighted by Crippen LogP contribution is -2.28. The molecule has 1 amide bonds. The number of aryl methyl sites for hydroxylation is 1. The Morgan fingerprint density at radius 1 is 1.67 bits per heavy atom. The van der Waals surface area contributed by atoms with E-state index in [9.17, 15) is 4.79 Å². The number of nitrogen functional groups attached to an aromatic ring is 1. The lowest BCUT2D eigenvalue weighted by atomic mass is 10.2. The molecule has 2 N–H and O–H groups in total. The van der Waals surface area contributed by atoms with Gasteiger partial charge in [-0.05, 0) is 20.3 Å². The molecule has 15 heavy (non-hydrogen) atoms. The maximum Gasteiger partial charge on any atom is 0.247 e. The molecule has 2 heterocycles. The Balaban J connectivity index is 2.22. The number of rotatable bonds is 2. The molecule has 2 rings (SSSR count). The van der Waals surface area contributed by atoms with Crippen molar-refractivity contribution in [2.45, 2.75) is 26.3 Å². The molecule has 1 aliphatic rings. The van der Waals surface area contributed by atoms with Gasteiger partial charge in [-0.25, -0.2) is 0 Å². The van der Waals surface area contributed by atoms with E-state index in [1.165, 1.54) is 0 Å². The molecule has 1 aromatic heterocycles. The molecule has 1 fully saturated rings. The summed E-state index contributed by atoms with van der Waals surface area (Å²) in [5.41, 5.74) is 7.15. The summed E-state index contributed by atoms with van der Waals surface area (Å²) >= 11 is 0. The van der Waals surface area contributed by atoms with Crippen LogP contribution in [0.25, 0.3) is 0 Å². The van der Waals surface area contributed by atoms with Crippen molar-refractivity contribution in [3.63, 3.8) is 0 Å². The Hall–Kier alpha value is -1.52. The summed E-state index contributed by atoms with van der Waals surface area (Å²) in [6.45, 7) is 5.43. The van der Waals surface area contributed by atoms with Gasteiger partial charge in [0.05, 0.1) is 11.4 Å². The third-order valence-corrected chi connectivity index (χ3v) is 2.92. The number of likely N-dealkylation sites (tertiary alicyclic amines) is 1. The average Bonchev–Trinajstić information content (AvgIpc) is 2.71. The van der Waals surface area contributed by atoms with E-state index in [4.69, 9.17) is 5.73 Å². The Morgan fingerprint density at radius 2 is 2.40 bits per heavy atom. The maximum atomic E-state index is 11.9. The minimum atomic E-state index is -0.152. The number of nitrogens with zero attached hydrogens (tertiary/aromatic N) is 3. The predicted octanol–water partition coefficient (Wildman–Crippen LogP) is 0.567. The zero-order valence-corrected chi connectivity index (χ0v) is 9.10. The van der Waals surface area contributed by atoms with E-state index in [2.05, 4.69) is 5.10 Å². The number of amides is 1. The Labute approximate surface area is 88.8 Å². The second kappa shape index (κ2) is 3.56. The van der Waals surface area contributed by atoms with E-state index >= 15 is 0 Å². The molecule has 0 aliphatic carbocycles. The normalized spacial score (nSPS) is 21.3.